The lowest BCUT2D eigenvalue weighted by atomic mass is 10.1. The van der Waals surface area contributed by atoms with E-state index in [1.165, 1.54) is 29.6 Å². The molecule has 4 aromatic rings. The fourth-order valence-corrected chi connectivity index (χ4v) is 3.31. The summed E-state index contributed by atoms with van der Waals surface area (Å²) in [7, 11) is 2.83. The molecule has 2 heterocycles. The first-order valence-corrected chi connectivity index (χ1v) is 9.40. The van der Waals surface area contributed by atoms with Gasteiger partial charge < -0.3 is 14.6 Å². The van der Waals surface area contributed by atoms with Gasteiger partial charge in [-0.1, -0.05) is 30.3 Å². The lowest BCUT2D eigenvalue weighted by molar-refractivity contribution is -0.147. The lowest BCUT2D eigenvalue weighted by Crippen LogP contribution is -2.37. The number of aryl methyl sites for hydroxylation is 1. The minimum absolute atomic E-state index is 0.0992. The molecule has 2 aromatic carbocycles. The number of benzene rings is 2. The van der Waals surface area contributed by atoms with Crippen LogP contribution in [0.4, 0.5) is 5.69 Å². The summed E-state index contributed by atoms with van der Waals surface area (Å²) in [4.78, 5) is 52.8. The molecule has 0 saturated carbocycles. The van der Waals surface area contributed by atoms with Crippen molar-refractivity contribution in [2.75, 3.05) is 11.9 Å². The van der Waals surface area contributed by atoms with Gasteiger partial charge in [0.15, 0.2) is 17.8 Å². The van der Waals surface area contributed by atoms with Crippen LogP contribution in [0, 0.1) is 0 Å². The van der Waals surface area contributed by atoms with Crippen LogP contribution in [0.1, 0.15) is 0 Å². The fraction of sp³-hybridized carbons (Fsp3) is 0.190. The number of carbonyl (C=O) groups excluding carboxylic acids is 2. The Kier molecular flexibility index (Phi) is 5.12. The predicted molar refractivity (Wildman–Crippen MR) is 114 cm³/mol. The second kappa shape index (κ2) is 7.90. The van der Waals surface area contributed by atoms with E-state index >= 15 is 0 Å². The largest absolute Gasteiger partial charge is 0.454 e. The number of fused-ring (bicyclic) bond motifs is 2. The highest BCUT2D eigenvalue weighted by Gasteiger charge is 2.17. The Balaban J connectivity index is 1.41. The topological polar surface area (TPSA) is 117 Å². The van der Waals surface area contributed by atoms with Crippen LogP contribution in [0.15, 0.2) is 58.4 Å². The number of esters is 1. The normalized spacial score (nSPS) is 11.0. The van der Waals surface area contributed by atoms with E-state index < -0.39 is 29.7 Å². The van der Waals surface area contributed by atoms with Gasteiger partial charge in [-0.2, -0.15) is 0 Å². The van der Waals surface area contributed by atoms with Gasteiger partial charge >= 0.3 is 11.7 Å². The maximum atomic E-state index is 12.4. The number of hydrogen-bond donors (Lipinski definition) is 1. The van der Waals surface area contributed by atoms with Crippen molar-refractivity contribution in [1.82, 2.24) is 18.7 Å². The molecule has 0 spiro atoms. The molecule has 0 unspecified atom stereocenters. The van der Waals surface area contributed by atoms with E-state index in [1.54, 1.807) is 6.07 Å². The van der Waals surface area contributed by atoms with Crippen LogP contribution in [0.5, 0.6) is 0 Å². The van der Waals surface area contributed by atoms with Gasteiger partial charge in [-0.25, -0.2) is 9.78 Å². The maximum absolute atomic E-state index is 12.4. The molecule has 4 rings (SSSR count). The van der Waals surface area contributed by atoms with Gasteiger partial charge in [0.05, 0.1) is 6.33 Å². The van der Waals surface area contributed by atoms with E-state index in [1.807, 2.05) is 36.4 Å². The first-order chi connectivity index (χ1) is 14.8. The Labute approximate surface area is 175 Å². The highest BCUT2D eigenvalue weighted by Crippen LogP contribution is 2.18. The molecule has 10 heteroatoms. The lowest BCUT2D eigenvalue weighted by Gasteiger charge is -2.09. The highest BCUT2D eigenvalue weighted by molar-refractivity contribution is 5.95. The van der Waals surface area contributed by atoms with Crippen LogP contribution >= 0.6 is 0 Å². The number of nitrogens with zero attached hydrogens (tertiary/aromatic N) is 4. The van der Waals surface area contributed by atoms with Crippen molar-refractivity contribution in [3.8, 4) is 0 Å². The SMILES string of the molecule is Cn1c(=O)c2c(ncn2CC(=O)OCC(=O)Nc2ccc3ccccc3c2)n(C)c1=O. The summed E-state index contributed by atoms with van der Waals surface area (Å²) in [6.45, 7) is -0.804. The third-order valence-electron chi connectivity index (χ3n) is 4.91. The fourth-order valence-electron chi connectivity index (χ4n) is 3.31. The molecule has 0 aliphatic heterocycles. The second-order valence-corrected chi connectivity index (χ2v) is 7.02. The molecule has 158 valence electrons. The number of amides is 1. The number of ether oxygens (including phenoxy) is 1. The molecule has 0 bridgehead atoms. The Morgan fingerprint density at radius 3 is 2.55 bits per heavy atom. The third-order valence-corrected chi connectivity index (χ3v) is 4.91. The molecule has 31 heavy (non-hydrogen) atoms. The standard InChI is InChI=1S/C21H19N5O5/c1-24-19-18(20(29)25(2)21(24)30)26(12-22-19)10-17(28)31-11-16(27)23-15-8-7-13-5-3-4-6-14(13)9-15/h3-9,12H,10-11H2,1-2H3,(H,23,27). The molecule has 0 aliphatic carbocycles. The van der Waals surface area contributed by atoms with Crippen LogP contribution in [0.25, 0.3) is 21.9 Å². The van der Waals surface area contributed by atoms with E-state index in [4.69, 9.17) is 4.74 Å². The number of imidazole rings is 1. The third kappa shape index (κ3) is 3.82. The summed E-state index contributed by atoms with van der Waals surface area (Å²) in [5.74, 6) is -1.21. The number of rotatable bonds is 5. The van der Waals surface area contributed by atoms with Gasteiger partial charge in [0, 0.05) is 19.8 Å². The van der Waals surface area contributed by atoms with E-state index in [9.17, 15) is 19.2 Å². The Morgan fingerprint density at radius 1 is 1.03 bits per heavy atom. The van der Waals surface area contributed by atoms with E-state index in [0.717, 1.165) is 15.3 Å². The molecule has 1 N–H and O–H groups in total. The first-order valence-electron chi connectivity index (χ1n) is 9.40. The number of anilines is 1. The molecule has 0 radical (unpaired) electrons. The minimum atomic E-state index is -0.719. The van der Waals surface area contributed by atoms with Crippen LogP contribution in [0.2, 0.25) is 0 Å². The zero-order valence-electron chi connectivity index (χ0n) is 16.9. The molecule has 0 atom stereocenters. The average molecular weight is 421 g/mol. The summed E-state index contributed by atoms with van der Waals surface area (Å²) in [6.07, 6.45) is 1.28. The number of nitrogens with one attached hydrogen (secondary N) is 1. The monoisotopic (exact) mass is 421 g/mol. The zero-order valence-corrected chi connectivity index (χ0v) is 16.9. The first kappa shape index (κ1) is 20.1. The van der Waals surface area contributed by atoms with Crippen molar-refractivity contribution in [1.29, 1.82) is 0 Å². The Hall–Kier alpha value is -4.21. The summed E-state index contributed by atoms with van der Waals surface area (Å²) >= 11 is 0. The molecule has 1 amide bonds. The highest BCUT2D eigenvalue weighted by atomic mass is 16.5. The number of carbonyl (C=O) groups is 2. The van der Waals surface area contributed by atoms with E-state index in [2.05, 4.69) is 10.3 Å². The Morgan fingerprint density at radius 2 is 1.77 bits per heavy atom. The van der Waals surface area contributed by atoms with Crippen LogP contribution < -0.4 is 16.6 Å². The number of aromatic nitrogens is 4. The van der Waals surface area contributed by atoms with Crippen molar-refractivity contribution in [2.24, 2.45) is 14.1 Å². The minimum Gasteiger partial charge on any atom is -0.454 e. The molecule has 0 fully saturated rings. The van der Waals surface area contributed by atoms with E-state index in [0.29, 0.717) is 5.69 Å². The van der Waals surface area contributed by atoms with Gasteiger partial charge in [-0.3, -0.25) is 23.5 Å². The molecular formula is C21H19N5O5. The van der Waals surface area contributed by atoms with Gasteiger partial charge in [0.25, 0.3) is 11.5 Å². The van der Waals surface area contributed by atoms with Gasteiger partial charge in [0.2, 0.25) is 0 Å². The van der Waals surface area contributed by atoms with Crippen molar-refractivity contribution >= 4 is 39.5 Å². The Bertz CT molecular complexity index is 1450. The summed E-state index contributed by atoms with van der Waals surface area (Å²) in [5.41, 5.74) is -0.241. The van der Waals surface area contributed by atoms with Gasteiger partial charge in [-0.05, 0) is 22.9 Å². The van der Waals surface area contributed by atoms with Crippen molar-refractivity contribution in [3.05, 3.63) is 69.6 Å². The maximum Gasteiger partial charge on any atom is 0.332 e. The van der Waals surface area contributed by atoms with Crippen LogP contribution in [-0.4, -0.2) is 37.2 Å². The summed E-state index contributed by atoms with van der Waals surface area (Å²) in [6, 6.07) is 13.2. The van der Waals surface area contributed by atoms with Gasteiger partial charge in [-0.15, -0.1) is 0 Å². The van der Waals surface area contributed by atoms with Crippen molar-refractivity contribution in [3.63, 3.8) is 0 Å². The molecule has 2 aromatic heterocycles. The smallest absolute Gasteiger partial charge is 0.332 e. The zero-order chi connectivity index (χ0) is 22.1. The van der Waals surface area contributed by atoms with Crippen molar-refractivity contribution in [2.45, 2.75) is 6.54 Å². The van der Waals surface area contributed by atoms with Crippen LogP contribution in [0.3, 0.4) is 0 Å². The average Bonchev–Trinajstić information content (AvgIpc) is 3.18. The van der Waals surface area contributed by atoms with E-state index in [-0.39, 0.29) is 17.7 Å². The molecule has 0 saturated heterocycles. The number of hydrogen-bond acceptors (Lipinski definition) is 6. The van der Waals surface area contributed by atoms with Gasteiger partial charge in [0.1, 0.15) is 6.54 Å². The summed E-state index contributed by atoms with van der Waals surface area (Å²) < 4.78 is 8.48. The molecular weight excluding hydrogens is 402 g/mol. The molecule has 0 aliphatic rings. The second-order valence-electron chi connectivity index (χ2n) is 7.02. The van der Waals surface area contributed by atoms with Crippen LogP contribution in [-0.2, 0) is 35.0 Å². The quantitative estimate of drug-likeness (QED) is 0.476. The molecule has 10 nitrogen and oxygen atoms in total. The van der Waals surface area contributed by atoms with Crippen molar-refractivity contribution < 1.29 is 14.3 Å². The summed E-state index contributed by atoms with van der Waals surface area (Å²) in [5, 5.41) is 4.70. The predicted octanol–water partition coefficient (Wildman–Crippen LogP) is 0.769.